The van der Waals surface area contributed by atoms with Crippen molar-refractivity contribution in [3.63, 3.8) is 0 Å². The molecule has 110 valence electrons. The van der Waals surface area contributed by atoms with Crippen molar-refractivity contribution in [2.75, 3.05) is 13.7 Å². The summed E-state index contributed by atoms with van der Waals surface area (Å²) in [5.74, 6) is -0.699. The summed E-state index contributed by atoms with van der Waals surface area (Å²) < 4.78 is 4.53. The Morgan fingerprint density at radius 3 is 2.55 bits per heavy atom. The summed E-state index contributed by atoms with van der Waals surface area (Å²) in [5, 5.41) is 2.79. The zero-order valence-electron chi connectivity index (χ0n) is 12.0. The summed E-state index contributed by atoms with van der Waals surface area (Å²) in [7, 11) is 1.35. The molecule has 0 aromatic heterocycles. The van der Waals surface area contributed by atoms with Crippen molar-refractivity contribution in [2.24, 2.45) is 11.7 Å². The van der Waals surface area contributed by atoms with Crippen LogP contribution in [0, 0.1) is 5.92 Å². The van der Waals surface area contributed by atoms with Gasteiger partial charge in [-0.25, -0.2) is 0 Å². The summed E-state index contributed by atoms with van der Waals surface area (Å²) in [4.78, 5) is 22.9. The van der Waals surface area contributed by atoms with E-state index in [1.165, 1.54) is 7.11 Å². The van der Waals surface area contributed by atoms with E-state index in [0.29, 0.717) is 19.4 Å². The third-order valence-electron chi connectivity index (χ3n) is 3.22. The number of benzene rings is 1. The average Bonchev–Trinajstić information content (AvgIpc) is 2.50. The fourth-order valence-corrected chi connectivity index (χ4v) is 1.83. The number of carbonyl (C=O) groups is 2. The van der Waals surface area contributed by atoms with Gasteiger partial charge in [0.05, 0.1) is 13.0 Å². The predicted molar refractivity (Wildman–Crippen MR) is 76.8 cm³/mol. The molecule has 5 nitrogen and oxygen atoms in total. The van der Waals surface area contributed by atoms with Crippen LogP contribution in [0.15, 0.2) is 30.3 Å². The highest BCUT2D eigenvalue weighted by molar-refractivity contribution is 5.79. The molecule has 0 fully saturated rings. The molecule has 0 aliphatic carbocycles. The standard InChI is InChI=1S/C15H22N2O3/c1-11(14(16)12-7-4-3-5-8-12)15(19)17-10-6-9-13(18)20-2/h3-5,7-8,11,14H,6,9-10,16H2,1-2H3,(H,17,19). The zero-order chi connectivity index (χ0) is 15.0. The van der Waals surface area contributed by atoms with Crippen LogP contribution in [0.5, 0.6) is 0 Å². The first-order valence-corrected chi connectivity index (χ1v) is 6.71. The second kappa shape index (κ2) is 8.32. The lowest BCUT2D eigenvalue weighted by molar-refractivity contribution is -0.140. The maximum absolute atomic E-state index is 12.0. The first-order chi connectivity index (χ1) is 9.56. The van der Waals surface area contributed by atoms with Gasteiger partial charge in [0.2, 0.25) is 5.91 Å². The molecular formula is C15H22N2O3. The molecule has 0 spiro atoms. The van der Waals surface area contributed by atoms with Crippen LogP contribution in [0.25, 0.3) is 0 Å². The molecule has 2 atom stereocenters. The van der Waals surface area contributed by atoms with Gasteiger partial charge in [0.15, 0.2) is 0 Å². The Hall–Kier alpha value is -1.88. The maximum Gasteiger partial charge on any atom is 0.305 e. The summed E-state index contributed by atoms with van der Waals surface area (Å²) in [5.41, 5.74) is 7.01. The van der Waals surface area contributed by atoms with E-state index in [1.54, 1.807) is 6.92 Å². The van der Waals surface area contributed by atoms with Crippen molar-refractivity contribution < 1.29 is 14.3 Å². The SMILES string of the molecule is COC(=O)CCCNC(=O)C(C)C(N)c1ccccc1. The number of ether oxygens (including phenoxy) is 1. The van der Waals surface area contributed by atoms with Gasteiger partial charge in [-0.1, -0.05) is 37.3 Å². The van der Waals surface area contributed by atoms with Gasteiger partial charge in [0, 0.05) is 19.0 Å². The number of nitrogens with two attached hydrogens (primary N) is 1. The van der Waals surface area contributed by atoms with Gasteiger partial charge < -0.3 is 15.8 Å². The number of hydrogen-bond donors (Lipinski definition) is 2. The topological polar surface area (TPSA) is 81.4 Å². The summed E-state index contributed by atoms with van der Waals surface area (Å²) in [6.07, 6.45) is 0.863. The molecule has 1 aromatic carbocycles. The van der Waals surface area contributed by atoms with E-state index < -0.39 is 0 Å². The van der Waals surface area contributed by atoms with Crippen molar-refractivity contribution in [3.05, 3.63) is 35.9 Å². The molecule has 1 rings (SSSR count). The fourth-order valence-electron chi connectivity index (χ4n) is 1.83. The second-order valence-electron chi connectivity index (χ2n) is 4.70. The van der Waals surface area contributed by atoms with Gasteiger partial charge >= 0.3 is 5.97 Å². The van der Waals surface area contributed by atoms with Gasteiger partial charge in [0.25, 0.3) is 0 Å². The number of rotatable bonds is 7. The predicted octanol–water partition coefficient (Wildman–Crippen LogP) is 1.39. The lowest BCUT2D eigenvalue weighted by Crippen LogP contribution is -2.36. The van der Waals surface area contributed by atoms with E-state index in [2.05, 4.69) is 10.1 Å². The van der Waals surface area contributed by atoms with Gasteiger partial charge in [0.1, 0.15) is 0 Å². The van der Waals surface area contributed by atoms with Crippen molar-refractivity contribution >= 4 is 11.9 Å². The number of methoxy groups -OCH3 is 1. The number of nitrogens with one attached hydrogen (secondary N) is 1. The van der Waals surface area contributed by atoms with Gasteiger partial charge in [-0.15, -0.1) is 0 Å². The molecule has 3 N–H and O–H groups in total. The minimum absolute atomic E-state index is 0.105. The largest absolute Gasteiger partial charge is 0.469 e. The Bertz CT molecular complexity index is 434. The van der Waals surface area contributed by atoms with Crippen LogP contribution in [0.1, 0.15) is 31.4 Å². The Morgan fingerprint density at radius 2 is 1.95 bits per heavy atom. The molecule has 0 heterocycles. The Balaban J connectivity index is 2.37. The molecule has 0 aliphatic rings. The van der Waals surface area contributed by atoms with Gasteiger partial charge in [-0.05, 0) is 12.0 Å². The van der Waals surface area contributed by atoms with Crippen LogP contribution in [0.2, 0.25) is 0 Å². The first-order valence-electron chi connectivity index (χ1n) is 6.71. The highest BCUT2D eigenvalue weighted by atomic mass is 16.5. The third kappa shape index (κ3) is 5.01. The molecule has 1 amide bonds. The summed E-state index contributed by atoms with van der Waals surface area (Å²) in [6, 6.07) is 9.19. The molecule has 0 saturated carbocycles. The number of esters is 1. The summed E-state index contributed by atoms with van der Waals surface area (Å²) in [6.45, 7) is 2.24. The molecule has 2 unspecified atom stereocenters. The Kier molecular flexibility index (Phi) is 6.73. The quantitative estimate of drug-likeness (QED) is 0.583. The molecule has 0 bridgehead atoms. The minimum atomic E-state index is -0.336. The molecule has 0 saturated heterocycles. The van der Waals surface area contributed by atoms with Gasteiger partial charge in [-0.2, -0.15) is 0 Å². The molecule has 0 radical (unpaired) electrons. The smallest absolute Gasteiger partial charge is 0.305 e. The molecule has 1 aromatic rings. The third-order valence-corrected chi connectivity index (χ3v) is 3.22. The second-order valence-corrected chi connectivity index (χ2v) is 4.70. The Morgan fingerprint density at radius 1 is 1.30 bits per heavy atom. The molecular weight excluding hydrogens is 256 g/mol. The van der Waals surface area contributed by atoms with Gasteiger partial charge in [-0.3, -0.25) is 9.59 Å². The van der Waals surface area contributed by atoms with E-state index in [1.807, 2.05) is 30.3 Å². The van der Waals surface area contributed by atoms with Crippen LogP contribution < -0.4 is 11.1 Å². The lowest BCUT2D eigenvalue weighted by atomic mass is 9.94. The lowest BCUT2D eigenvalue weighted by Gasteiger charge is -2.19. The van der Waals surface area contributed by atoms with Crippen LogP contribution >= 0.6 is 0 Å². The van der Waals surface area contributed by atoms with E-state index >= 15 is 0 Å². The monoisotopic (exact) mass is 278 g/mol. The van der Waals surface area contributed by atoms with E-state index in [4.69, 9.17) is 5.73 Å². The van der Waals surface area contributed by atoms with Crippen LogP contribution in [0.4, 0.5) is 0 Å². The maximum atomic E-state index is 12.0. The van der Waals surface area contributed by atoms with E-state index in [-0.39, 0.29) is 23.8 Å². The minimum Gasteiger partial charge on any atom is -0.469 e. The van der Waals surface area contributed by atoms with Crippen molar-refractivity contribution in [3.8, 4) is 0 Å². The molecule has 0 aliphatic heterocycles. The fraction of sp³-hybridized carbons (Fsp3) is 0.467. The Labute approximate surface area is 119 Å². The van der Waals surface area contributed by atoms with Crippen LogP contribution in [-0.4, -0.2) is 25.5 Å². The highest BCUT2D eigenvalue weighted by Crippen LogP contribution is 2.18. The van der Waals surface area contributed by atoms with E-state index in [9.17, 15) is 9.59 Å². The zero-order valence-corrected chi connectivity index (χ0v) is 12.0. The normalized spacial score (nSPS) is 13.3. The van der Waals surface area contributed by atoms with Crippen LogP contribution in [-0.2, 0) is 14.3 Å². The average molecular weight is 278 g/mol. The first kappa shape index (κ1) is 16.2. The number of hydrogen-bond acceptors (Lipinski definition) is 4. The molecule has 20 heavy (non-hydrogen) atoms. The van der Waals surface area contributed by atoms with Crippen LogP contribution in [0.3, 0.4) is 0 Å². The highest BCUT2D eigenvalue weighted by Gasteiger charge is 2.21. The van der Waals surface area contributed by atoms with E-state index in [0.717, 1.165) is 5.56 Å². The summed E-state index contributed by atoms with van der Waals surface area (Å²) >= 11 is 0. The molecule has 5 heteroatoms. The van der Waals surface area contributed by atoms with Crippen molar-refractivity contribution in [1.82, 2.24) is 5.32 Å². The van der Waals surface area contributed by atoms with Crippen molar-refractivity contribution in [2.45, 2.75) is 25.8 Å². The number of amides is 1. The number of carbonyl (C=O) groups excluding carboxylic acids is 2. The van der Waals surface area contributed by atoms with Crippen molar-refractivity contribution in [1.29, 1.82) is 0 Å².